The van der Waals surface area contributed by atoms with Crippen LogP contribution in [0.4, 0.5) is 0 Å². The molecule has 0 bridgehead atoms. The summed E-state index contributed by atoms with van der Waals surface area (Å²) in [4.78, 5) is 9.91. The highest BCUT2D eigenvalue weighted by Crippen LogP contribution is 1.90. The Morgan fingerprint density at radius 2 is 2.50 bits per heavy atom. The number of rotatable bonds is 3. The summed E-state index contributed by atoms with van der Waals surface area (Å²) in [5.41, 5.74) is 0. The van der Waals surface area contributed by atoms with Gasteiger partial charge in [-0.25, -0.2) is 4.79 Å². The molecule has 0 saturated carbocycles. The third-order valence-electron chi connectivity index (χ3n) is 0.661. The van der Waals surface area contributed by atoms with Crippen molar-refractivity contribution in [3.05, 3.63) is 0 Å². The Morgan fingerprint density at radius 3 is 2.62 bits per heavy atom. The topological polar surface area (TPSA) is 46.5 Å². The van der Waals surface area contributed by atoms with Gasteiger partial charge in [0.25, 0.3) is 0 Å². The molecule has 0 unspecified atom stereocenters. The number of carboxylic acid groups (broad SMARTS) is 1. The number of ether oxygens (including phenoxy) is 1. The smallest absolute Gasteiger partial charge is 0.332 e. The van der Waals surface area contributed by atoms with E-state index in [9.17, 15) is 4.79 Å². The second-order valence-electron chi connectivity index (χ2n) is 1.26. The lowest BCUT2D eigenvalue weighted by molar-refractivity contribution is -0.147. The molecule has 0 heterocycles. The van der Waals surface area contributed by atoms with E-state index in [0.29, 0.717) is 0 Å². The van der Waals surface area contributed by atoms with Crippen LogP contribution < -0.4 is 0 Å². The standard InChI is InChI=1S/C4H7ClO3/c1-3(4(6)7)8-2-5/h3H,2H2,1H3,(H,6,7)/t3-/m1/s1. The molecule has 0 fully saturated rings. The zero-order valence-electron chi connectivity index (χ0n) is 4.43. The highest BCUT2D eigenvalue weighted by molar-refractivity contribution is 6.17. The molecule has 0 aliphatic carbocycles. The number of hydrogen-bond donors (Lipinski definition) is 1. The number of carboxylic acids is 1. The fraction of sp³-hybridized carbons (Fsp3) is 0.750. The molecule has 3 nitrogen and oxygen atoms in total. The Labute approximate surface area is 52.2 Å². The molecule has 48 valence electrons. The third kappa shape index (κ3) is 2.82. The third-order valence-corrected chi connectivity index (χ3v) is 0.787. The van der Waals surface area contributed by atoms with Crippen molar-refractivity contribution in [2.24, 2.45) is 0 Å². The maximum atomic E-state index is 9.91. The molecule has 4 heteroatoms. The molecule has 0 aliphatic heterocycles. The lowest BCUT2D eigenvalue weighted by Crippen LogP contribution is -2.18. The van der Waals surface area contributed by atoms with Crippen molar-refractivity contribution in [2.75, 3.05) is 6.07 Å². The van der Waals surface area contributed by atoms with Crippen molar-refractivity contribution in [3.8, 4) is 0 Å². The first-order valence-electron chi connectivity index (χ1n) is 2.09. The largest absolute Gasteiger partial charge is 0.479 e. The summed E-state index contributed by atoms with van der Waals surface area (Å²) < 4.78 is 4.47. The van der Waals surface area contributed by atoms with Crippen LogP contribution in [0.2, 0.25) is 0 Å². The van der Waals surface area contributed by atoms with Gasteiger partial charge in [-0.15, -0.1) is 0 Å². The quantitative estimate of drug-likeness (QED) is 0.584. The van der Waals surface area contributed by atoms with E-state index >= 15 is 0 Å². The first-order chi connectivity index (χ1) is 3.68. The molecule has 0 radical (unpaired) electrons. The van der Waals surface area contributed by atoms with Crippen molar-refractivity contribution < 1.29 is 14.6 Å². The Kier molecular flexibility index (Phi) is 3.56. The summed E-state index contributed by atoms with van der Waals surface area (Å²) in [7, 11) is 0. The van der Waals surface area contributed by atoms with E-state index in [-0.39, 0.29) is 6.07 Å². The van der Waals surface area contributed by atoms with Gasteiger partial charge in [-0.3, -0.25) is 0 Å². The van der Waals surface area contributed by atoms with Crippen LogP contribution >= 0.6 is 11.6 Å². The predicted molar refractivity (Wildman–Crippen MR) is 28.9 cm³/mol. The van der Waals surface area contributed by atoms with Crippen molar-refractivity contribution in [2.45, 2.75) is 13.0 Å². The Balaban J connectivity index is 3.32. The molecule has 0 aromatic rings. The molecule has 0 amide bonds. The molecule has 0 aromatic heterocycles. The Hall–Kier alpha value is -0.280. The minimum atomic E-state index is -0.995. The number of hydrogen-bond acceptors (Lipinski definition) is 2. The van der Waals surface area contributed by atoms with Gasteiger partial charge in [-0.1, -0.05) is 11.6 Å². The van der Waals surface area contributed by atoms with E-state index in [0.717, 1.165) is 0 Å². The van der Waals surface area contributed by atoms with Gasteiger partial charge in [0.15, 0.2) is 6.10 Å². The zero-order chi connectivity index (χ0) is 6.57. The molecule has 1 N–H and O–H groups in total. The van der Waals surface area contributed by atoms with Gasteiger partial charge in [0.05, 0.1) is 0 Å². The zero-order valence-corrected chi connectivity index (χ0v) is 5.18. The van der Waals surface area contributed by atoms with Gasteiger partial charge < -0.3 is 9.84 Å². The molecule has 0 spiro atoms. The van der Waals surface area contributed by atoms with Crippen molar-refractivity contribution in [3.63, 3.8) is 0 Å². The number of halogens is 1. The molecule has 0 aliphatic rings. The molecule has 8 heavy (non-hydrogen) atoms. The molecular formula is C4H7ClO3. The van der Waals surface area contributed by atoms with Crippen LogP contribution in [-0.4, -0.2) is 23.2 Å². The lowest BCUT2D eigenvalue weighted by Gasteiger charge is -2.01. The van der Waals surface area contributed by atoms with E-state index in [1.54, 1.807) is 0 Å². The average molecular weight is 139 g/mol. The minimum Gasteiger partial charge on any atom is -0.479 e. The average Bonchev–Trinajstić information content (AvgIpc) is 1.67. The van der Waals surface area contributed by atoms with Crippen LogP contribution in [0, 0.1) is 0 Å². The summed E-state index contributed by atoms with van der Waals surface area (Å²) >= 11 is 5.05. The van der Waals surface area contributed by atoms with Gasteiger partial charge in [0.1, 0.15) is 6.07 Å². The van der Waals surface area contributed by atoms with Crippen LogP contribution in [0.5, 0.6) is 0 Å². The number of aliphatic carboxylic acids is 1. The first-order valence-corrected chi connectivity index (χ1v) is 2.62. The number of carbonyl (C=O) groups is 1. The van der Waals surface area contributed by atoms with Crippen molar-refractivity contribution in [1.82, 2.24) is 0 Å². The van der Waals surface area contributed by atoms with E-state index in [4.69, 9.17) is 16.7 Å². The van der Waals surface area contributed by atoms with Crippen LogP contribution in [0.1, 0.15) is 6.92 Å². The summed E-state index contributed by atoms with van der Waals surface area (Å²) in [6.45, 7) is 1.42. The lowest BCUT2D eigenvalue weighted by atomic mass is 10.4. The van der Waals surface area contributed by atoms with Crippen LogP contribution in [0.25, 0.3) is 0 Å². The highest BCUT2D eigenvalue weighted by Gasteiger charge is 2.08. The van der Waals surface area contributed by atoms with Crippen LogP contribution in [0.15, 0.2) is 0 Å². The van der Waals surface area contributed by atoms with Gasteiger partial charge in [-0.05, 0) is 6.92 Å². The maximum Gasteiger partial charge on any atom is 0.332 e. The number of alkyl halides is 1. The minimum absolute atomic E-state index is 0.0759. The second kappa shape index (κ2) is 3.69. The summed E-state index contributed by atoms with van der Waals surface area (Å²) in [6, 6.07) is -0.0759. The molecular weight excluding hydrogens is 131 g/mol. The van der Waals surface area contributed by atoms with Crippen LogP contribution in [0.3, 0.4) is 0 Å². The fourth-order valence-electron chi connectivity index (χ4n) is 0.166. The molecule has 0 saturated heterocycles. The van der Waals surface area contributed by atoms with E-state index < -0.39 is 12.1 Å². The monoisotopic (exact) mass is 138 g/mol. The molecule has 0 rings (SSSR count). The molecule has 1 atom stereocenters. The summed E-state index contributed by atoms with van der Waals surface area (Å²) in [6.07, 6.45) is -0.799. The predicted octanol–water partition coefficient (Wildman–Crippen LogP) is 0.672. The SMILES string of the molecule is C[C@@H](OCCl)C(=O)O. The maximum absolute atomic E-state index is 9.91. The Bertz CT molecular complexity index is 83.4. The first kappa shape index (κ1) is 7.72. The second-order valence-corrected chi connectivity index (χ2v) is 1.47. The van der Waals surface area contributed by atoms with Crippen molar-refractivity contribution in [1.29, 1.82) is 0 Å². The van der Waals surface area contributed by atoms with E-state index in [1.165, 1.54) is 6.92 Å². The van der Waals surface area contributed by atoms with E-state index in [1.807, 2.05) is 0 Å². The van der Waals surface area contributed by atoms with Gasteiger partial charge in [0, 0.05) is 0 Å². The van der Waals surface area contributed by atoms with Gasteiger partial charge in [-0.2, -0.15) is 0 Å². The van der Waals surface area contributed by atoms with Crippen LogP contribution in [-0.2, 0) is 9.53 Å². The van der Waals surface area contributed by atoms with Gasteiger partial charge >= 0.3 is 5.97 Å². The normalized spacial score (nSPS) is 13.2. The van der Waals surface area contributed by atoms with E-state index in [2.05, 4.69) is 4.74 Å². The summed E-state index contributed by atoms with van der Waals surface area (Å²) in [5.74, 6) is -0.995. The molecule has 0 aromatic carbocycles. The van der Waals surface area contributed by atoms with Gasteiger partial charge in [0.2, 0.25) is 0 Å². The fourth-order valence-corrected chi connectivity index (χ4v) is 0.355. The van der Waals surface area contributed by atoms with Crippen molar-refractivity contribution >= 4 is 17.6 Å². The summed E-state index contributed by atoms with van der Waals surface area (Å²) in [5, 5.41) is 8.13. The Morgan fingerprint density at radius 1 is 2.00 bits per heavy atom. The highest BCUT2D eigenvalue weighted by atomic mass is 35.5.